The number of rotatable bonds is 4. The van der Waals surface area contributed by atoms with Crippen LogP contribution in [-0.4, -0.2) is 30.6 Å². The average Bonchev–Trinajstić information content (AvgIpc) is 1.96. The van der Waals surface area contributed by atoms with Gasteiger partial charge >= 0.3 is 5.97 Å². The molecule has 5 heteroatoms. The molecule has 0 saturated carbocycles. The maximum absolute atomic E-state index is 11.3. The Balaban J connectivity index is 4.11. The second kappa shape index (κ2) is 4.95. The van der Waals surface area contributed by atoms with Gasteiger partial charge in [0.1, 0.15) is 5.60 Å². The van der Waals surface area contributed by atoms with Crippen LogP contribution in [0, 0.1) is 0 Å². The van der Waals surface area contributed by atoms with Crippen LogP contribution < -0.4 is 11.1 Å². The first-order valence-electron chi connectivity index (χ1n) is 4.44. The monoisotopic (exact) mass is 202 g/mol. The number of carbonyl (C=O) groups excluding carboxylic acids is 2. The fourth-order valence-corrected chi connectivity index (χ4v) is 0.895. The number of hydrogen-bond acceptors (Lipinski definition) is 4. The molecule has 1 unspecified atom stereocenters. The highest BCUT2D eigenvalue weighted by Crippen LogP contribution is 2.09. The first-order chi connectivity index (χ1) is 6.26. The minimum atomic E-state index is -0.662. The van der Waals surface area contributed by atoms with Crippen LogP contribution in [0.5, 0.6) is 0 Å². The summed E-state index contributed by atoms with van der Waals surface area (Å²) in [5.74, 6) is -0.992. The molecule has 5 nitrogen and oxygen atoms in total. The van der Waals surface area contributed by atoms with Gasteiger partial charge in [0.05, 0.1) is 12.5 Å². The molecule has 0 rings (SSSR count). The third kappa shape index (κ3) is 5.53. The van der Waals surface area contributed by atoms with Crippen molar-refractivity contribution in [3.8, 4) is 0 Å². The molecule has 1 amide bonds. The van der Waals surface area contributed by atoms with Gasteiger partial charge in [0.2, 0.25) is 5.91 Å². The van der Waals surface area contributed by atoms with Crippen molar-refractivity contribution < 1.29 is 14.3 Å². The van der Waals surface area contributed by atoms with Crippen LogP contribution in [0.4, 0.5) is 0 Å². The maximum atomic E-state index is 11.3. The molecule has 0 aliphatic rings. The number of esters is 1. The van der Waals surface area contributed by atoms with Crippen molar-refractivity contribution in [2.24, 2.45) is 5.73 Å². The summed E-state index contributed by atoms with van der Waals surface area (Å²) >= 11 is 0. The SMILES string of the molecule is CNC(CC(=O)OC(C)(C)C)C(N)=O. The Labute approximate surface area is 84.0 Å². The summed E-state index contributed by atoms with van der Waals surface area (Å²) in [4.78, 5) is 22.0. The van der Waals surface area contributed by atoms with Crippen molar-refractivity contribution in [2.45, 2.75) is 38.8 Å². The average molecular weight is 202 g/mol. The second-order valence-corrected chi connectivity index (χ2v) is 4.03. The largest absolute Gasteiger partial charge is 0.460 e. The molecule has 0 aliphatic carbocycles. The molecule has 0 spiro atoms. The third-order valence-electron chi connectivity index (χ3n) is 1.48. The Kier molecular flexibility index (Phi) is 4.56. The molecule has 82 valence electrons. The van der Waals surface area contributed by atoms with Crippen LogP contribution in [0.25, 0.3) is 0 Å². The number of carbonyl (C=O) groups is 2. The van der Waals surface area contributed by atoms with Gasteiger partial charge in [-0.05, 0) is 27.8 Å². The molecule has 0 aromatic rings. The minimum absolute atomic E-state index is 0.0386. The molecular weight excluding hydrogens is 184 g/mol. The first-order valence-corrected chi connectivity index (χ1v) is 4.44. The van der Waals surface area contributed by atoms with Gasteiger partial charge < -0.3 is 15.8 Å². The van der Waals surface area contributed by atoms with Crippen LogP contribution in [0.2, 0.25) is 0 Å². The van der Waals surface area contributed by atoms with E-state index in [-0.39, 0.29) is 6.42 Å². The highest BCUT2D eigenvalue weighted by atomic mass is 16.6. The van der Waals surface area contributed by atoms with E-state index in [0.29, 0.717) is 0 Å². The van der Waals surface area contributed by atoms with Gasteiger partial charge in [0, 0.05) is 0 Å². The highest BCUT2D eigenvalue weighted by Gasteiger charge is 2.22. The summed E-state index contributed by atoms with van der Waals surface area (Å²) < 4.78 is 5.03. The lowest BCUT2D eigenvalue weighted by Gasteiger charge is -2.21. The van der Waals surface area contributed by atoms with E-state index < -0.39 is 23.5 Å². The Morgan fingerprint density at radius 2 is 1.93 bits per heavy atom. The molecule has 0 fully saturated rings. The molecule has 0 aromatic carbocycles. The zero-order valence-electron chi connectivity index (χ0n) is 9.09. The summed E-state index contributed by atoms with van der Waals surface area (Å²) in [5.41, 5.74) is 4.52. The lowest BCUT2D eigenvalue weighted by Crippen LogP contribution is -2.41. The summed E-state index contributed by atoms with van der Waals surface area (Å²) in [6.07, 6.45) is -0.0386. The zero-order chi connectivity index (χ0) is 11.4. The van der Waals surface area contributed by atoms with E-state index >= 15 is 0 Å². The highest BCUT2D eigenvalue weighted by molar-refractivity contribution is 5.85. The van der Waals surface area contributed by atoms with Gasteiger partial charge in [-0.15, -0.1) is 0 Å². The van der Waals surface area contributed by atoms with Gasteiger partial charge in [-0.25, -0.2) is 0 Å². The molecule has 14 heavy (non-hydrogen) atoms. The normalized spacial score (nSPS) is 13.4. The summed E-state index contributed by atoms with van der Waals surface area (Å²) in [6.45, 7) is 5.30. The number of nitrogens with two attached hydrogens (primary N) is 1. The van der Waals surface area contributed by atoms with E-state index in [1.807, 2.05) is 0 Å². The molecule has 0 aromatic heterocycles. The first kappa shape index (κ1) is 12.9. The summed E-state index contributed by atoms with van der Waals surface area (Å²) in [6, 6.07) is -0.662. The fourth-order valence-electron chi connectivity index (χ4n) is 0.895. The standard InChI is InChI=1S/C9H18N2O3/c1-9(2,3)14-7(12)5-6(11-4)8(10)13/h6,11H,5H2,1-4H3,(H2,10,13). The van der Waals surface area contributed by atoms with E-state index in [0.717, 1.165) is 0 Å². The Morgan fingerprint density at radius 1 is 1.43 bits per heavy atom. The van der Waals surface area contributed by atoms with Crippen LogP contribution in [0.15, 0.2) is 0 Å². The van der Waals surface area contributed by atoms with Crippen molar-refractivity contribution in [3.63, 3.8) is 0 Å². The van der Waals surface area contributed by atoms with Crippen molar-refractivity contribution in [1.29, 1.82) is 0 Å². The second-order valence-electron chi connectivity index (χ2n) is 4.03. The van der Waals surface area contributed by atoms with E-state index in [2.05, 4.69) is 5.32 Å². The Morgan fingerprint density at radius 3 is 2.21 bits per heavy atom. The van der Waals surface area contributed by atoms with E-state index in [1.165, 1.54) is 0 Å². The molecular formula is C9H18N2O3. The predicted octanol–water partition coefficient (Wildman–Crippen LogP) is -0.208. The van der Waals surface area contributed by atoms with Crippen molar-refractivity contribution in [3.05, 3.63) is 0 Å². The number of nitrogens with one attached hydrogen (secondary N) is 1. The maximum Gasteiger partial charge on any atom is 0.308 e. The molecule has 3 N–H and O–H groups in total. The molecule has 0 saturated heterocycles. The minimum Gasteiger partial charge on any atom is -0.460 e. The molecule has 0 aliphatic heterocycles. The van der Waals surface area contributed by atoms with Crippen molar-refractivity contribution in [2.75, 3.05) is 7.05 Å². The zero-order valence-corrected chi connectivity index (χ0v) is 9.09. The number of primary amides is 1. The molecule has 1 atom stereocenters. The van der Waals surface area contributed by atoms with Crippen LogP contribution >= 0.6 is 0 Å². The van der Waals surface area contributed by atoms with E-state index in [9.17, 15) is 9.59 Å². The Bertz CT molecular complexity index is 221. The number of hydrogen-bond donors (Lipinski definition) is 2. The van der Waals surface area contributed by atoms with E-state index in [1.54, 1.807) is 27.8 Å². The van der Waals surface area contributed by atoms with Gasteiger partial charge in [-0.3, -0.25) is 9.59 Å². The lowest BCUT2D eigenvalue weighted by atomic mass is 10.1. The predicted molar refractivity (Wildman–Crippen MR) is 52.5 cm³/mol. The third-order valence-corrected chi connectivity index (χ3v) is 1.48. The Hall–Kier alpha value is -1.10. The molecule has 0 heterocycles. The summed E-state index contributed by atoms with van der Waals surface area (Å²) in [7, 11) is 1.57. The number of amides is 1. The van der Waals surface area contributed by atoms with Crippen LogP contribution in [-0.2, 0) is 14.3 Å². The summed E-state index contributed by atoms with van der Waals surface area (Å²) in [5, 5.41) is 2.64. The number of ether oxygens (including phenoxy) is 1. The van der Waals surface area contributed by atoms with Crippen LogP contribution in [0.1, 0.15) is 27.2 Å². The molecule has 0 radical (unpaired) electrons. The van der Waals surface area contributed by atoms with Gasteiger partial charge in [-0.2, -0.15) is 0 Å². The van der Waals surface area contributed by atoms with Crippen LogP contribution in [0.3, 0.4) is 0 Å². The smallest absolute Gasteiger partial charge is 0.308 e. The molecule has 0 bridgehead atoms. The van der Waals surface area contributed by atoms with Crippen molar-refractivity contribution >= 4 is 11.9 Å². The lowest BCUT2D eigenvalue weighted by molar-refractivity contribution is -0.156. The number of likely N-dealkylation sites (N-methyl/N-ethyl adjacent to an activating group) is 1. The van der Waals surface area contributed by atoms with E-state index in [4.69, 9.17) is 10.5 Å². The van der Waals surface area contributed by atoms with Gasteiger partial charge in [0.15, 0.2) is 0 Å². The van der Waals surface area contributed by atoms with Crippen molar-refractivity contribution in [1.82, 2.24) is 5.32 Å². The van der Waals surface area contributed by atoms with Gasteiger partial charge in [0.25, 0.3) is 0 Å². The fraction of sp³-hybridized carbons (Fsp3) is 0.778. The van der Waals surface area contributed by atoms with Gasteiger partial charge in [-0.1, -0.05) is 0 Å². The topological polar surface area (TPSA) is 81.4 Å². The quantitative estimate of drug-likeness (QED) is 0.618.